The monoisotopic (exact) mass is 446 g/mol. The van der Waals surface area contributed by atoms with E-state index in [2.05, 4.69) is 4.98 Å². The number of rotatable bonds is 6. The highest BCUT2D eigenvalue weighted by atomic mass is 32.2. The molecule has 3 nitrogen and oxygen atoms in total. The molecule has 0 bridgehead atoms. The summed E-state index contributed by atoms with van der Waals surface area (Å²) in [5.41, 5.74) is -0.579. The van der Waals surface area contributed by atoms with E-state index in [-0.39, 0.29) is 17.9 Å². The van der Waals surface area contributed by atoms with Crippen LogP contribution < -0.4 is 0 Å². The Balaban J connectivity index is 1.81. The van der Waals surface area contributed by atoms with Crippen molar-refractivity contribution in [3.8, 4) is 0 Å². The second kappa shape index (κ2) is 8.73. The summed E-state index contributed by atoms with van der Waals surface area (Å²) in [6.45, 7) is -0.567. The number of aromatic nitrogens is 2. The number of benzene rings is 2. The fourth-order valence-corrected chi connectivity index (χ4v) is 3.80. The number of thioether (sulfide) groups is 1. The first kappa shape index (κ1) is 22.2. The van der Waals surface area contributed by atoms with Gasteiger partial charge in [0.15, 0.2) is 5.16 Å². The fourth-order valence-electron chi connectivity index (χ4n) is 2.85. The molecule has 30 heavy (non-hydrogen) atoms. The van der Waals surface area contributed by atoms with E-state index in [1.807, 2.05) is 0 Å². The first-order valence-corrected chi connectivity index (χ1v) is 9.67. The molecule has 0 unspecified atom stereocenters. The van der Waals surface area contributed by atoms with Gasteiger partial charge in [0.05, 0.1) is 36.2 Å². The first-order valence-electron chi connectivity index (χ1n) is 8.69. The Morgan fingerprint density at radius 2 is 1.57 bits per heavy atom. The van der Waals surface area contributed by atoms with Crippen molar-refractivity contribution in [1.82, 2.24) is 9.55 Å². The molecule has 0 fully saturated rings. The maximum Gasteiger partial charge on any atom is 0.416 e. The fraction of sp³-hybridized carbons (Fsp3) is 0.250. The number of alkyl halides is 6. The van der Waals surface area contributed by atoms with Crippen molar-refractivity contribution in [2.24, 2.45) is 0 Å². The quantitative estimate of drug-likeness (QED) is 0.387. The number of imidazole rings is 1. The minimum atomic E-state index is -4.52. The van der Waals surface area contributed by atoms with Crippen molar-refractivity contribution in [3.05, 3.63) is 82.7 Å². The Kier molecular flexibility index (Phi) is 6.47. The third-order valence-corrected chi connectivity index (χ3v) is 5.43. The minimum absolute atomic E-state index is 0.0223. The summed E-state index contributed by atoms with van der Waals surface area (Å²) in [4.78, 5) is 4.15. The number of aliphatic hydroxyl groups excluding tert-OH is 1. The van der Waals surface area contributed by atoms with Gasteiger partial charge < -0.3 is 9.67 Å². The van der Waals surface area contributed by atoms with E-state index < -0.39 is 30.1 Å². The lowest BCUT2D eigenvalue weighted by Crippen LogP contribution is -2.13. The zero-order valence-electron chi connectivity index (χ0n) is 15.3. The summed E-state index contributed by atoms with van der Waals surface area (Å²) in [5.74, 6) is 0.265. The van der Waals surface area contributed by atoms with E-state index in [1.165, 1.54) is 41.1 Å². The van der Waals surface area contributed by atoms with Crippen LogP contribution in [0.3, 0.4) is 0 Å². The van der Waals surface area contributed by atoms with Crippen molar-refractivity contribution in [3.63, 3.8) is 0 Å². The van der Waals surface area contributed by atoms with E-state index in [1.54, 1.807) is 0 Å². The predicted octanol–water partition coefficient (Wildman–Crippen LogP) is 5.75. The second-order valence-corrected chi connectivity index (χ2v) is 7.36. The Bertz CT molecular complexity index is 996. The zero-order chi connectivity index (χ0) is 21.9. The van der Waals surface area contributed by atoms with E-state index >= 15 is 0 Å². The van der Waals surface area contributed by atoms with E-state index in [0.29, 0.717) is 16.4 Å². The van der Waals surface area contributed by atoms with Crippen LogP contribution in [-0.4, -0.2) is 14.7 Å². The molecule has 0 aliphatic rings. The molecule has 0 aliphatic carbocycles. The third-order valence-electron chi connectivity index (χ3n) is 4.36. The molecule has 0 radical (unpaired) electrons. The lowest BCUT2D eigenvalue weighted by atomic mass is 10.1. The number of hydrogen-bond acceptors (Lipinski definition) is 3. The lowest BCUT2D eigenvalue weighted by Gasteiger charge is -2.16. The molecule has 0 spiro atoms. The van der Waals surface area contributed by atoms with Crippen LogP contribution in [0.4, 0.5) is 26.3 Å². The molecule has 0 amide bonds. The molecule has 1 heterocycles. The van der Waals surface area contributed by atoms with Crippen LogP contribution in [0.15, 0.2) is 59.9 Å². The summed E-state index contributed by atoms with van der Waals surface area (Å²) in [6, 6.07) is 9.77. The predicted molar refractivity (Wildman–Crippen MR) is 99.7 cm³/mol. The van der Waals surface area contributed by atoms with Crippen molar-refractivity contribution < 1.29 is 31.4 Å². The lowest BCUT2D eigenvalue weighted by molar-refractivity contribution is -0.138. The number of aliphatic hydroxyl groups is 1. The molecule has 0 atom stereocenters. The van der Waals surface area contributed by atoms with Crippen molar-refractivity contribution in [1.29, 1.82) is 0 Å². The van der Waals surface area contributed by atoms with Gasteiger partial charge >= 0.3 is 12.4 Å². The molecule has 160 valence electrons. The molecular weight excluding hydrogens is 430 g/mol. The number of hydrogen-bond donors (Lipinski definition) is 1. The molecular formula is C20H16F6N2OS. The summed E-state index contributed by atoms with van der Waals surface area (Å²) in [6.07, 6.45) is -7.58. The summed E-state index contributed by atoms with van der Waals surface area (Å²) in [7, 11) is 0. The Morgan fingerprint density at radius 1 is 0.900 bits per heavy atom. The van der Waals surface area contributed by atoms with Crippen molar-refractivity contribution >= 4 is 11.8 Å². The van der Waals surface area contributed by atoms with Gasteiger partial charge in [-0.25, -0.2) is 4.98 Å². The Morgan fingerprint density at radius 3 is 2.17 bits per heavy atom. The van der Waals surface area contributed by atoms with Gasteiger partial charge in [0.25, 0.3) is 0 Å². The Labute approximate surface area is 172 Å². The molecule has 0 aliphatic heterocycles. The third kappa shape index (κ3) is 5.17. The van der Waals surface area contributed by atoms with Crippen LogP contribution >= 0.6 is 11.8 Å². The highest BCUT2D eigenvalue weighted by Gasteiger charge is 2.33. The molecule has 1 aromatic heterocycles. The van der Waals surface area contributed by atoms with Crippen LogP contribution in [0.5, 0.6) is 0 Å². The van der Waals surface area contributed by atoms with Crippen LogP contribution in [-0.2, 0) is 31.3 Å². The van der Waals surface area contributed by atoms with E-state index in [4.69, 9.17) is 0 Å². The molecule has 3 aromatic rings. The van der Waals surface area contributed by atoms with Gasteiger partial charge in [-0.15, -0.1) is 0 Å². The number of nitrogens with zero attached hydrogens (tertiary/aromatic N) is 2. The smallest absolute Gasteiger partial charge is 0.390 e. The van der Waals surface area contributed by atoms with Gasteiger partial charge in [-0.2, -0.15) is 26.3 Å². The largest absolute Gasteiger partial charge is 0.416 e. The molecule has 3 rings (SSSR count). The van der Waals surface area contributed by atoms with Gasteiger partial charge in [0.2, 0.25) is 0 Å². The van der Waals surface area contributed by atoms with Gasteiger partial charge in [0, 0.05) is 5.75 Å². The highest BCUT2D eigenvalue weighted by Crippen LogP contribution is 2.34. The van der Waals surface area contributed by atoms with Gasteiger partial charge in [-0.05, 0) is 29.3 Å². The molecule has 2 aromatic carbocycles. The zero-order valence-corrected chi connectivity index (χ0v) is 16.2. The minimum Gasteiger partial charge on any atom is -0.390 e. The Hall–Kier alpha value is -2.46. The van der Waals surface area contributed by atoms with E-state index in [0.717, 1.165) is 30.0 Å². The average molecular weight is 446 g/mol. The highest BCUT2D eigenvalue weighted by molar-refractivity contribution is 7.98. The van der Waals surface area contributed by atoms with Crippen LogP contribution in [0.25, 0.3) is 0 Å². The van der Waals surface area contributed by atoms with Gasteiger partial charge in [0.1, 0.15) is 0 Å². The van der Waals surface area contributed by atoms with Gasteiger partial charge in [-0.1, -0.05) is 42.1 Å². The average Bonchev–Trinajstić information content (AvgIpc) is 3.07. The summed E-state index contributed by atoms with van der Waals surface area (Å²) < 4.78 is 79.3. The standard InChI is InChI=1S/C20H16F6N2OS/c21-19(22,23)15-7-5-13(6-8-15)12-30-18-27-9-16(11-29)28(18)10-14-3-1-2-4-17(14)20(24,25)26/h1-9,29H,10-12H2. The second-order valence-electron chi connectivity index (χ2n) is 6.41. The summed E-state index contributed by atoms with van der Waals surface area (Å²) >= 11 is 1.16. The SMILES string of the molecule is OCc1cnc(SCc2ccc(C(F)(F)F)cc2)n1Cc1ccccc1C(F)(F)F. The van der Waals surface area contributed by atoms with Crippen LogP contribution in [0, 0.1) is 0 Å². The molecule has 0 saturated carbocycles. The first-order chi connectivity index (χ1) is 14.1. The van der Waals surface area contributed by atoms with E-state index in [9.17, 15) is 31.4 Å². The molecule has 1 N–H and O–H groups in total. The van der Waals surface area contributed by atoms with Crippen molar-refractivity contribution in [2.45, 2.75) is 36.4 Å². The van der Waals surface area contributed by atoms with Gasteiger partial charge in [-0.3, -0.25) is 0 Å². The maximum atomic E-state index is 13.3. The number of halogens is 6. The molecule has 0 saturated heterocycles. The topological polar surface area (TPSA) is 38.1 Å². The maximum absolute atomic E-state index is 13.3. The van der Waals surface area contributed by atoms with Crippen LogP contribution in [0.1, 0.15) is 27.9 Å². The van der Waals surface area contributed by atoms with Crippen LogP contribution in [0.2, 0.25) is 0 Å². The van der Waals surface area contributed by atoms with Crippen molar-refractivity contribution in [2.75, 3.05) is 0 Å². The summed E-state index contributed by atoms with van der Waals surface area (Å²) in [5, 5.41) is 9.89. The molecule has 10 heteroatoms. The normalized spacial score (nSPS) is 12.4.